The van der Waals surface area contributed by atoms with Crippen LogP contribution in [0, 0.1) is 5.82 Å². The maximum Gasteiger partial charge on any atom is 0.357 e. The molecule has 0 atom stereocenters. The minimum Gasteiger partial charge on any atom is -0.461 e. The number of benzene rings is 1. The molecule has 0 unspecified atom stereocenters. The molecule has 1 aromatic rings. The summed E-state index contributed by atoms with van der Waals surface area (Å²) in [6, 6.07) is 5.04. The van der Waals surface area contributed by atoms with Gasteiger partial charge in [-0.25, -0.2) is 14.2 Å². The number of rotatable bonds is 4. The lowest BCUT2D eigenvalue weighted by molar-refractivity contribution is -0.134. The number of carbonyl (C=O) groups excluding carboxylic acids is 1. The van der Waals surface area contributed by atoms with E-state index in [0.717, 1.165) is 28.8 Å². The molecule has 2 aliphatic heterocycles. The van der Waals surface area contributed by atoms with E-state index in [-0.39, 0.29) is 18.1 Å². The molecule has 4 nitrogen and oxygen atoms in total. The predicted octanol–water partition coefficient (Wildman–Crippen LogP) is 5.78. The van der Waals surface area contributed by atoms with Gasteiger partial charge in [-0.15, -0.1) is 0 Å². The normalized spacial score (nSPS) is 16.3. The molecule has 0 N–H and O–H groups in total. The molecule has 0 aliphatic carbocycles. The van der Waals surface area contributed by atoms with Crippen molar-refractivity contribution in [2.24, 2.45) is 4.99 Å². The number of carbonyl (C=O) groups is 1. The quantitative estimate of drug-likeness (QED) is 0.537. The Labute approximate surface area is 179 Å². The monoisotopic (exact) mass is 458 g/mol. The lowest BCUT2D eigenvalue weighted by atomic mass is 9.98. The maximum absolute atomic E-state index is 14.7. The van der Waals surface area contributed by atoms with E-state index in [2.05, 4.69) is 25.8 Å². The van der Waals surface area contributed by atoms with Crippen molar-refractivity contribution >= 4 is 33.2 Å². The number of esters is 1. The van der Waals surface area contributed by atoms with E-state index in [1.165, 1.54) is 6.07 Å². The molecule has 152 valence electrons. The summed E-state index contributed by atoms with van der Waals surface area (Å²) in [5.74, 6) is -0.157. The second-order valence-corrected chi connectivity index (χ2v) is 8.15. The van der Waals surface area contributed by atoms with Gasteiger partial charge in [-0.1, -0.05) is 33.1 Å². The Morgan fingerprint density at radius 1 is 1.34 bits per heavy atom. The van der Waals surface area contributed by atoms with Crippen LogP contribution < -0.4 is 0 Å². The molecule has 0 saturated heterocycles. The van der Waals surface area contributed by atoms with Crippen LogP contribution in [0.4, 0.5) is 4.39 Å². The van der Waals surface area contributed by atoms with Crippen molar-refractivity contribution in [1.29, 1.82) is 0 Å². The first-order valence-corrected chi connectivity index (χ1v) is 10.4. The summed E-state index contributed by atoms with van der Waals surface area (Å²) in [6.07, 6.45) is 6.38. The molecule has 1 aromatic carbocycles. The zero-order chi connectivity index (χ0) is 21.1. The third kappa shape index (κ3) is 4.75. The summed E-state index contributed by atoms with van der Waals surface area (Å²) in [4.78, 5) is 19.0. The van der Waals surface area contributed by atoms with Crippen LogP contribution in [0.3, 0.4) is 0 Å². The topological polar surface area (TPSA) is 41.9 Å². The molecule has 0 radical (unpaired) electrons. The Bertz CT molecular complexity index is 998. The zero-order valence-corrected chi connectivity index (χ0v) is 18.6. The Morgan fingerprint density at radius 2 is 2.10 bits per heavy atom. The molecule has 2 heterocycles. The van der Waals surface area contributed by atoms with Gasteiger partial charge < -0.3 is 9.64 Å². The molecule has 0 amide bonds. The molecule has 0 bridgehead atoms. The van der Waals surface area contributed by atoms with Gasteiger partial charge >= 0.3 is 5.97 Å². The van der Waals surface area contributed by atoms with Crippen molar-refractivity contribution < 1.29 is 13.9 Å². The maximum atomic E-state index is 14.7. The smallest absolute Gasteiger partial charge is 0.357 e. The molecule has 2 aliphatic rings. The van der Waals surface area contributed by atoms with Gasteiger partial charge in [0.05, 0.1) is 6.61 Å². The summed E-state index contributed by atoms with van der Waals surface area (Å²) >= 11 is 3.31. The van der Waals surface area contributed by atoms with Crippen LogP contribution in [-0.2, 0) is 9.53 Å². The Hall–Kier alpha value is -2.47. The van der Waals surface area contributed by atoms with E-state index < -0.39 is 5.97 Å². The van der Waals surface area contributed by atoms with Gasteiger partial charge in [0.25, 0.3) is 0 Å². The summed E-state index contributed by atoms with van der Waals surface area (Å²) in [6.45, 7) is 8.75. The third-order valence-electron chi connectivity index (χ3n) is 4.69. The summed E-state index contributed by atoms with van der Waals surface area (Å²) in [5.41, 5.74) is 4.60. The van der Waals surface area contributed by atoms with Crippen molar-refractivity contribution in [2.75, 3.05) is 13.2 Å². The summed E-state index contributed by atoms with van der Waals surface area (Å²) in [5, 5.41) is 0. The molecule has 3 rings (SSSR count). The van der Waals surface area contributed by atoms with Crippen molar-refractivity contribution in [3.05, 3.63) is 74.9 Å². The highest BCUT2D eigenvalue weighted by atomic mass is 79.9. The highest BCUT2D eigenvalue weighted by molar-refractivity contribution is 9.10. The van der Waals surface area contributed by atoms with E-state index in [4.69, 9.17) is 4.74 Å². The highest BCUT2D eigenvalue weighted by Gasteiger charge is 2.26. The fourth-order valence-corrected chi connectivity index (χ4v) is 3.66. The second kappa shape index (κ2) is 8.91. The van der Waals surface area contributed by atoms with Gasteiger partial charge in [0.1, 0.15) is 11.6 Å². The number of nitrogens with zero attached hydrogens (tertiary/aromatic N) is 2. The average molecular weight is 459 g/mol. The lowest BCUT2D eigenvalue weighted by Crippen LogP contribution is -2.29. The fourth-order valence-electron chi connectivity index (χ4n) is 3.33. The van der Waals surface area contributed by atoms with Crippen LogP contribution >= 0.6 is 15.9 Å². The molecular formula is C23H24BrFN2O2. The summed E-state index contributed by atoms with van der Waals surface area (Å²) < 4.78 is 20.5. The number of fused-ring (bicyclic) bond motifs is 1. The number of ether oxygens (including phenoxy) is 1. The second-order valence-electron chi connectivity index (χ2n) is 7.23. The molecule has 6 heteroatoms. The molecule has 29 heavy (non-hydrogen) atoms. The standard InChI is InChI=1S/C23H24BrFN2O2/c1-5-29-23(28)21-12-17(10-14(2)3)27-9-8-15(4)19(13-22(27)26-21)18-7-6-16(24)11-20(18)25/h6-7,10-13H,5,8-9H2,1-4H3. The first-order chi connectivity index (χ1) is 13.8. The van der Waals surface area contributed by atoms with Crippen LogP contribution in [0.2, 0.25) is 0 Å². The Balaban J connectivity index is 2.13. The number of allylic oxidation sites excluding steroid dienone is 4. The first kappa shape index (κ1) is 21.2. The minimum absolute atomic E-state index is 0.247. The Morgan fingerprint density at radius 3 is 2.76 bits per heavy atom. The van der Waals surface area contributed by atoms with Crippen molar-refractivity contribution in [1.82, 2.24) is 4.90 Å². The van der Waals surface area contributed by atoms with Crippen LogP contribution in [0.15, 0.2) is 68.6 Å². The first-order valence-electron chi connectivity index (χ1n) is 9.57. The molecule has 0 saturated carbocycles. The predicted molar refractivity (Wildman–Crippen MR) is 118 cm³/mol. The third-order valence-corrected chi connectivity index (χ3v) is 5.19. The van der Waals surface area contributed by atoms with E-state index in [1.807, 2.05) is 39.0 Å². The van der Waals surface area contributed by atoms with Crippen LogP contribution in [0.5, 0.6) is 0 Å². The van der Waals surface area contributed by atoms with Gasteiger partial charge in [-0.3, -0.25) is 0 Å². The minimum atomic E-state index is -0.464. The number of halogens is 2. The van der Waals surface area contributed by atoms with Crippen LogP contribution in [0.25, 0.3) is 5.57 Å². The van der Waals surface area contributed by atoms with Crippen molar-refractivity contribution in [3.8, 4) is 0 Å². The van der Waals surface area contributed by atoms with Gasteiger partial charge in [0, 0.05) is 22.3 Å². The Kier molecular flexibility index (Phi) is 6.52. The SMILES string of the molecule is CCOC(=O)C1=NC2=CC(c3ccc(Br)cc3F)=C(C)CCN2C(C=C(C)C)=C1. The molecular weight excluding hydrogens is 435 g/mol. The van der Waals surface area contributed by atoms with E-state index in [1.54, 1.807) is 19.1 Å². The van der Waals surface area contributed by atoms with Gasteiger partial charge in [0.15, 0.2) is 5.71 Å². The van der Waals surface area contributed by atoms with E-state index in [0.29, 0.717) is 22.4 Å². The lowest BCUT2D eigenvalue weighted by Gasteiger charge is -2.28. The number of aliphatic imine (C=N–C) groups is 1. The van der Waals surface area contributed by atoms with Crippen LogP contribution in [-0.4, -0.2) is 29.7 Å². The zero-order valence-electron chi connectivity index (χ0n) is 17.1. The number of hydrogen-bond acceptors (Lipinski definition) is 4. The van der Waals surface area contributed by atoms with Crippen molar-refractivity contribution in [2.45, 2.75) is 34.1 Å². The number of hydrogen-bond donors (Lipinski definition) is 0. The molecule has 0 fully saturated rings. The van der Waals surface area contributed by atoms with Gasteiger partial charge in [-0.2, -0.15) is 0 Å². The van der Waals surface area contributed by atoms with E-state index in [9.17, 15) is 9.18 Å². The average Bonchev–Trinajstić information content (AvgIpc) is 2.81. The highest BCUT2D eigenvalue weighted by Crippen LogP contribution is 2.34. The summed E-state index contributed by atoms with van der Waals surface area (Å²) in [7, 11) is 0. The largest absolute Gasteiger partial charge is 0.461 e. The van der Waals surface area contributed by atoms with Gasteiger partial charge in [-0.05, 0) is 70.0 Å². The fraction of sp³-hybridized carbons (Fsp3) is 0.304. The van der Waals surface area contributed by atoms with Crippen molar-refractivity contribution in [3.63, 3.8) is 0 Å². The van der Waals surface area contributed by atoms with Gasteiger partial charge in [0.2, 0.25) is 0 Å². The van der Waals surface area contributed by atoms with E-state index >= 15 is 0 Å². The molecule has 0 aromatic heterocycles. The van der Waals surface area contributed by atoms with Crippen LogP contribution in [0.1, 0.15) is 39.7 Å². The molecule has 0 spiro atoms.